The molecule has 230 valence electrons. The van der Waals surface area contributed by atoms with Gasteiger partial charge in [-0.1, -0.05) is 50.2 Å². The van der Waals surface area contributed by atoms with E-state index in [1.54, 1.807) is 24.2 Å². The zero-order valence-corrected chi connectivity index (χ0v) is 26.3. The summed E-state index contributed by atoms with van der Waals surface area (Å²) in [6, 6.07) is 9.86. The Morgan fingerprint density at radius 2 is 1.70 bits per heavy atom. The first-order valence-electron chi connectivity index (χ1n) is 15.1. The van der Waals surface area contributed by atoms with Crippen LogP contribution in [0.4, 0.5) is 4.79 Å². The molecule has 43 heavy (non-hydrogen) atoms. The van der Waals surface area contributed by atoms with Crippen LogP contribution in [0.1, 0.15) is 95.7 Å². The van der Waals surface area contributed by atoms with Crippen molar-refractivity contribution in [3.63, 3.8) is 0 Å². The minimum absolute atomic E-state index is 0.0771. The van der Waals surface area contributed by atoms with Crippen molar-refractivity contribution in [2.24, 2.45) is 5.41 Å². The van der Waals surface area contributed by atoms with Crippen LogP contribution in [-0.2, 0) is 15.1 Å². The average molecular weight is 590 g/mol. The molecule has 1 N–H and O–H groups in total. The number of carbonyl (C=O) groups excluding carboxylic acids is 2. The zero-order valence-electron chi connectivity index (χ0n) is 26.3. The van der Waals surface area contributed by atoms with Crippen molar-refractivity contribution in [3.8, 4) is 11.4 Å². The molecular formula is C33H43N5O5. The first-order chi connectivity index (χ1) is 20.2. The molecule has 0 unspecified atom stereocenters. The Morgan fingerprint density at radius 1 is 1.05 bits per heavy atom. The number of aliphatic hydroxyl groups is 1. The van der Waals surface area contributed by atoms with Gasteiger partial charge in [-0.2, -0.15) is 4.98 Å². The largest absolute Gasteiger partial charge is 0.444 e. The van der Waals surface area contributed by atoms with E-state index in [1.807, 2.05) is 62.9 Å². The molecule has 0 bridgehead atoms. The fraction of sp³-hybridized carbons (Fsp3) is 0.545. The van der Waals surface area contributed by atoms with E-state index in [2.05, 4.69) is 24.0 Å². The van der Waals surface area contributed by atoms with Crippen LogP contribution >= 0.6 is 0 Å². The maximum Gasteiger partial charge on any atom is 0.410 e. The fourth-order valence-corrected chi connectivity index (χ4v) is 6.17. The second-order valence-electron chi connectivity index (χ2n) is 13.6. The lowest BCUT2D eigenvalue weighted by Crippen LogP contribution is -2.66. The van der Waals surface area contributed by atoms with Crippen molar-refractivity contribution in [1.29, 1.82) is 0 Å². The Bertz CT molecular complexity index is 1460. The summed E-state index contributed by atoms with van der Waals surface area (Å²) >= 11 is 0. The van der Waals surface area contributed by atoms with Crippen molar-refractivity contribution in [2.45, 2.75) is 84.3 Å². The van der Waals surface area contributed by atoms with E-state index in [1.165, 1.54) is 5.56 Å². The van der Waals surface area contributed by atoms with Crippen LogP contribution in [0.15, 0.2) is 47.2 Å². The lowest BCUT2D eigenvalue weighted by molar-refractivity contribution is -0.131. The monoisotopic (exact) mass is 589 g/mol. The summed E-state index contributed by atoms with van der Waals surface area (Å²) in [5.41, 5.74) is 0.270. The van der Waals surface area contributed by atoms with Crippen molar-refractivity contribution >= 4 is 12.0 Å². The number of hydrogen-bond acceptors (Lipinski definition) is 8. The van der Waals surface area contributed by atoms with Crippen LogP contribution in [0.25, 0.3) is 11.4 Å². The van der Waals surface area contributed by atoms with Gasteiger partial charge in [-0.25, -0.2) is 4.79 Å². The first kappa shape index (κ1) is 30.7. The summed E-state index contributed by atoms with van der Waals surface area (Å²) in [7, 11) is 0. The molecule has 2 aromatic heterocycles. The molecular weight excluding hydrogens is 546 g/mol. The van der Waals surface area contributed by atoms with Crippen LogP contribution in [0.3, 0.4) is 0 Å². The number of rotatable bonds is 6. The number of carbonyl (C=O) groups is 2. The third kappa shape index (κ3) is 6.02. The summed E-state index contributed by atoms with van der Waals surface area (Å²) in [4.78, 5) is 37.2. The highest BCUT2D eigenvalue weighted by Gasteiger charge is 2.58. The topological polar surface area (TPSA) is 122 Å². The molecule has 1 atom stereocenters. The smallest absolute Gasteiger partial charge is 0.410 e. The van der Waals surface area contributed by atoms with Gasteiger partial charge in [0.2, 0.25) is 17.6 Å². The molecule has 0 spiro atoms. The summed E-state index contributed by atoms with van der Waals surface area (Å²) in [5, 5.41) is 17.0. The van der Waals surface area contributed by atoms with Crippen molar-refractivity contribution in [2.75, 3.05) is 26.2 Å². The van der Waals surface area contributed by atoms with Gasteiger partial charge in [-0.05, 0) is 56.7 Å². The van der Waals surface area contributed by atoms with E-state index in [9.17, 15) is 14.7 Å². The molecule has 0 aliphatic carbocycles. The summed E-state index contributed by atoms with van der Waals surface area (Å²) in [6.07, 6.45) is 4.45. The van der Waals surface area contributed by atoms with Gasteiger partial charge in [0.05, 0.1) is 0 Å². The van der Waals surface area contributed by atoms with Gasteiger partial charge >= 0.3 is 6.09 Å². The van der Waals surface area contributed by atoms with Crippen LogP contribution in [0.5, 0.6) is 0 Å². The maximum atomic E-state index is 12.8. The maximum absolute atomic E-state index is 12.8. The van der Waals surface area contributed by atoms with Gasteiger partial charge in [0.15, 0.2) is 0 Å². The molecule has 2 aliphatic heterocycles. The molecule has 0 saturated carbocycles. The number of nitrogens with zero attached hydrogens (tertiary/aromatic N) is 5. The number of likely N-dealkylation sites (tertiary alicyclic amines) is 2. The zero-order chi connectivity index (χ0) is 31.2. The number of pyridine rings is 1. The van der Waals surface area contributed by atoms with E-state index in [0.29, 0.717) is 60.5 Å². The van der Waals surface area contributed by atoms with Gasteiger partial charge < -0.3 is 24.2 Å². The minimum atomic E-state index is -1.48. The predicted octanol–water partition coefficient (Wildman–Crippen LogP) is 5.47. The number of ether oxygens (including phenoxy) is 1. The molecule has 5 rings (SSSR count). The van der Waals surface area contributed by atoms with Gasteiger partial charge in [0.25, 0.3) is 0 Å². The Labute approximate surface area is 253 Å². The molecule has 10 heteroatoms. The van der Waals surface area contributed by atoms with Gasteiger partial charge in [0.1, 0.15) is 11.2 Å². The molecule has 2 saturated heterocycles. The third-order valence-corrected chi connectivity index (χ3v) is 8.75. The van der Waals surface area contributed by atoms with E-state index >= 15 is 0 Å². The SMILES string of the molecule is CC(=O)N1CCC(c2nc(-c3cncc([C@@](O)(c4ccc(C(C)C)cc4)C4(C)CN(C(=O)OC(C)(C)C)C4)c3)no2)CC1. The van der Waals surface area contributed by atoms with Crippen molar-refractivity contribution < 1.29 is 24.0 Å². The quantitative estimate of drug-likeness (QED) is 0.402. The van der Waals surface area contributed by atoms with Crippen LogP contribution in [0, 0.1) is 5.41 Å². The molecule has 1 aromatic carbocycles. The summed E-state index contributed by atoms with van der Waals surface area (Å²) in [5.74, 6) is 1.44. The number of hydrogen-bond donors (Lipinski definition) is 1. The van der Waals surface area contributed by atoms with Crippen LogP contribution in [0.2, 0.25) is 0 Å². The first-order valence-corrected chi connectivity index (χ1v) is 15.1. The van der Waals surface area contributed by atoms with Crippen molar-refractivity contribution in [3.05, 3.63) is 65.3 Å². The van der Waals surface area contributed by atoms with Crippen LogP contribution < -0.4 is 0 Å². The molecule has 2 fully saturated rings. The average Bonchev–Trinajstić information content (AvgIpc) is 3.45. The second kappa shape index (κ2) is 11.4. The highest BCUT2D eigenvalue weighted by atomic mass is 16.6. The Hall–Kier alpha value is -3.79. The normalized spacial score (nSPS) is 18.7. The molecule has 0 radical (unpaired) electrons. The number of benzene rings is 1. The van der Waals surface area contributed by atoms with E-state index in [0.717, 1.165) is 12.8 Å². The van der Waals surface area contributed by atoms with Gasteiger partial charge in [-0.15, -0.1) is 0 Å². The molecule has 2 amide bonds. The van der Waals surface area contributed by atoms with E-state index in [-0.39, 0.29) is 11.8 Å². The highest BCUT2D eigenvalue weighted by molar-refractivity contribution is 5.73. The number of piperidine rings is 1. The number of amides is 2. The lowest BCUT2D eigenvalue weighted by Gasteiger charge is -2.56. The second-order valence-corrected chi connectivity index (χ2v) is 13.6. The van der Waals surface area contributed by atoms with Crippen LogP contribution in [-0.4, -0.2) is 73.8 Å². The molecule has 10 nitrogen and oxygen atoms in total. The Kier molecular flexibility index (Phi) is 8.11. The molecule has 3 aromatic rings. The Morgan fingerprint density at radius 3 is 2.28 bits per heavy atom. The lowest BCUT2D eigenvalue weighted by atomic mass is 9.62. The third-order valence-electron chi connectivity index (χ3n) is 8.75. The van der Waals surface area contributed by atoms with Gasteiger partial charge in [0, 0.05) is 68.0 Å². The molecule has 2 aliphatic rings. The van der Waals surface area contributed by atoms with E-state index in [4.69, 9.17) is 14.2 Å². The standard InChI is InChI=1S/C33H43N5O5/c1-21(2)23-8-10-26(11-9-23)33(41,32(7)19-38(20-32)30(40)42-31(4,5)6)27-16-25(17-34-18-27)28-35-29(43-36-28)24-12-14-37(15-13-24)22(3)39/h8-11,16-18,21,24,41H,12-15,19-20H2,1-7H3/t33-/m0/s1. The molecule has 4 heterocycles. The number of aromatic nitrogens is 3. The summed E-state index contributed by atoms with van der Waals surface area (Å²) in [6.45, 7) is 15.3. The minimum Gasteiger partial charge on any atom is -0.444 e. The van der Waals surface area contributed by atoms with Crippen molar-refractivity contribution in [1.82, 2.24) is 24.9 Å². The van der Waals surface area contributed by atoms with E-state index < -0.39 is 22.7 Å². The fourth-order valence-electron chi connectivity index (χ4n) is 6.17. The summed E-state index contributed by atoms with van der Waals surface area (Å²) < 4.78 is 11.3. The Balaban J connectivity index is 1.46. The highest BCUT2D eigenvalue weighted by Crippen LogP contribution is 2.51. The predicted molar refractivity (Wildman–Crippen MR) is 161 cm³/mol. The van der Waals surface area contributed by atoms with Gasteiger partial charge in [-0.3, -0.25) is 9.78 Å².